The highest BCUT2D eigenvalue weighted by molar-refractivity contribution is 6.04. The van der Waals surface area contributed by atoms with Crippen LogP contribution < -0.4 is 10.9 Å². The van der Waals surface area contributed by atoms with Gasteiger partial charge in [-0.3, -0.25) is 10.2 Å². The maximum absolute atomic E-state index is 14.1. The van der Waals surface area contributed by atoms with E-state index in [-0.39, 0.29) is 11.4 Å². The summed E-state index contributed by atoms with van der Waals surface area (Å²) in [6.45, 7) is 2.71. The van der Waals surface area contributed by atoms with Crippen molar-refractivity contribution in [3.63, 3.8) is 0 Å². The van der Waals surface area contributed by atoms with Crippen LogP contribution in [0.3, 0.4) is 0 Å². The number of alkyl halides is 5. The Morgan fingerprint density at radius 1 is 1.30 bits per heavy atom. The molecule has 0 aliphatic carbocycles. The maximum atomic E-state index is 14.1. The van der Waals surface area contributed by atoms with Crippen LogP contribution in [-0.2, 0) is 6.18 Å². The Morgan fingerprint density at radius 2 is 1.93 bits per heavy atom. The molecule has 0 bridgehead atoms. The summed E-state index contributed by atoms with van der Waals surface area (Å²) < 4.78 is 77.7. The van der Waals surface area contributed by atoms with Crippen LogP contribution in [0, 0.1) is 18.2 Å². The summed E-state index contributed by atoms with van der Waals surface area (Å²) in [5.74, 6) is -1.52. The van der Waals surface area contributed by atoms with Gasteiger partial charge in [-0.05, 0) is 26.0 Å². The van der Waals surface area contributed by atoms with E-state index in [4.69, 9.17) is 5.41 Å². The molecule has 11 heteroatoms. The van der Waals surface area contributed by atoms with Gasteiger partial charge in [-0.2, -0.15) is 13.2 Å². The zero-order valence-electron chi connectivity index (χ0n) is 14.0. The second-order valence-corrected chi connectivity index (χ2v) is 5.69. The highest BCUT2D eigenvalue weighted by Crippen LogP contribution is 2.32. The van der Waals surface area contributed by atoms with Crippen molar-refractivity contribution >= 4 is 11.5 Å². The van der Waals surface area contributed by atoms with E-state index in [1.807, 2.05) is 0 Å². The monoisotopic (exact) mass is 392 g/mol. The molecule has 3 N–H and O–H groups in total. The Hall–Kier alpha value is -2.85. The summed E-state index contributed by atoms with van der Waals surface area (Å²) in [6, 6.07) is 0.861. The molecule has 146 valence electrons. The van der Waals surface area contributed by atoms with Crippen molar-refractivity contribution in [1.29, 1.82) is 5.41 Å². The van der Waals surface area contributed by atoms with Gasteiger partial charge in [0, 0.05) is 5.56 Å². The van der Waals surface area contributed by atoms with Crippen molar-refractivity contribution in [3.05, 3.63) is 56.9 Å². The number of aryl methyl sites for hydroxylation is 1. The predicted molar refractivity (Wildman–Crippen MR) is 85.9 cm³/mol. The fraction of sp³-hybridized carbons (Fsp3) is 0.312. The number of halogens is 6. The minimum atomic E-state index is -4.72. The predicted octanol–water partition coefficient (Wildman–Crippen LogP) is 4.04. The van der Waals surface area contributed by atoms with E-state index in [0.29, 0.717) is 12.1 Å². The normalized spacial score (nSPS) is 12.9. The molecule has 0 saturated heterocycles. The molecule has 1 aromatic heterocycles. The van der Waals surface area contributed by atoms with Crippen LogP contribution in [0.4, 0.5) is 32.2 Å². The lowest BCUT2D eigenvalue weighted by Crippen LogP contribution is -2.27. The minimum absolute atomic E-state index is 0.0495. The van der Waals surface area contributed by atoms with E-state index >= 15 is 0 Å². The summed E-state index contributed by atoms with van der Waals surface area (Å²) in [5.41, 5.74) is -4.38. The molecule has 1 unspecified atom stereocenters. The molecule has 27 heavy (non-hydrogen) atoms. The van der Waals surface area contributed by atoms with Gasteiger partial charge in [0.25, 0.3) is 12.0 Å². The van der Waals surface area contributed by atoms with E-state index in [1.54, 1.807) is 0 Å². The Kier molecular flexibility index (Phi) is 5.62. The smallest absolute Gasteiger partial charge is 0.363 e. The van der Waals surface area contributed by atoms with Gasteiger partial charge < -0.3 is 10.3 Å². The number of nitrogens with zero attached hydrogens (tertiary/aromatic N) is 1. The molecule has 0 amide bonds. The van der Waals surface area contributed by atoms with Gasteiger partial charge in [0.2, 0.25) is 0 Å². The molecule has 0 radical (unpaired) electrons. The van der Waals surface area contributed by atoms with Crippen molar-refractivity contribution in [2.45, 2.75) is 32.5 Å². The number of aromatic amines is 1. The summed E-state index contributed by atoms with van der Waals surface area (Å²) in [7, 11) is 0. The summed E-state index contributed by atoms with van der Waals surface area (Å²) in [6.07, 6.45) is -7.98. The van der Waals surface area contributed by atoms with Crippen molar-refractivity contribution in [2.24, 2.45) is 0 Å². The fourth-order valence-corrected chi connectivity index (χ4v) is 2.39. The molecule has 1 aromatic carbocycles. The van der Waals surface area contributed by atoms with Crippen LogP contribution in [-0.4, -0.2) is 22.1 Å². The first-order valence-electron chi connectivity index (χ1n) is 7.53. The molecule has 0 aliphatic heterocycles. The first-order valence-corrected chi connectivity index (χ1v) is 7.53. The summed E-state index contributed by atoms with van der Waals surface area (Å²) in [5, 5.41) is 9.89. The largest absolute Gasteiger partial charge is 0.416 e. The van der Waals surface area contributed by atoms with Gasteiger partial charge >= 0.3 is 6.18 Å². The van der Waals surface area contributed by atoms with Crippen LogP contribution in [0.5, 0.6) is 0 Å². The number of H-pyrrole nitrogens is 1. The number of aromatic nitrogens is 2. The molecule has 0 aliphatic rings. The van der Waals surface area contributed by atoms with E-state index in [0.717, 1.165) is 6.07 Å². The maximum Gasteiger partial charge on any atom is 0.416 e. The number of anilines is 1. The van der Waals surface area contributed by atoms with Gasteiger partial charge in [-0.15, -0.1) is 0 Å². The lowest BCUT2D eigenvalue weighted by molar-refractivity contribution is -0.137. The summed E-state index contributed by atoms with van der Waals surface area (Å²) in [4.78, 5) is 18.0. The fourth-order valence-electron chi connectivity index (χ4n) is 2.39. The Labute approximate surface area is 149 Å². The average Bonchev–Trinajstić information content (AvgIpc) is 2.52. The number of hydrogen-bond donors (Lipinski definition) is 3. The van der Waals surface area contributed by atoms with Crippen LogP contribution in [0.25, 0.3) is 0 Å². The third-order valence-electron chi connectivity index (χ3n) is 3.67. The zero-order chi connectivity index (χ0) is 20.5. The lowest BCUT2D eigenvalue weighted by Gasteiger charge is -2.19. The van der Waals surface area contributed by atoms with Gasteiger partial charge in [0.15, 0.2) is 0 Å². The standard InChI is InChI=1S/C16H14F6N4O/c1-6(9-4-3-8(5-10(9)17)16(20,21)22)24-14-11(12(23)13(18)19)15(27)26-7(2)25-14/h3-6,13,23H,1-2H3,(H2,24,25,26,27). The van der Waals surface area contributed by atoms with E-state index in [9.17, 15) is 31.1 Å². The third kappa shape index (κ3) is 4.47. The SMILES string of the molecule is Cc1nc(NC(C)c2ccc(C(F)(F)F)cc2F)c(C(=N)C(F)F)c(=O)[nH]1. The molecule has 0 fully saturated rings. The molecule has 1 atom stereocenters. The van der Waals surface area contributed by atoms with Crippen LogP contribution >= 0.6 is 0 Å². The summed E-state index contributed by atoms with van der Waals surface area (Å²) >= 11 is 0. The van der Waals surface area contributed by atoms with Crippen LogP contribution in [0.1, 0.15) is 35.5 Å². The first kappa shape index (κ1) is 20.5. The third-order valence-corrected chi connectivity index (χ3v) is 3.67. The zero-order valence-corrected chi connectivity index (χ0v) is 14.0. The van der Waals surface area contributed by atoms with Gasteiger partial charge in [-0.1, -0.05) is 6.07 Å². The number of benzene rings is 1. The molecule has 0 spiro atoms. The first-order chi connectivity index (χ1) is 12.4. The average molecular weight is 392 g/mol. The van der Waals surface area contributed by atoms with Crippen molar-refractivity contribution in [2.75, 3.05) is 5.32 Å². The van der Waals surface area contributed by atoms with Gasteiger partial charge in [0.05, 0.1) is 11.6 Å². The molecular formula is C16H14F6N4O. The molecule has 2 aromatic rings. The van der Waals surface area contributed by atoms with Crippen molar-refractivity contribution < 1.29 is 26.3 Å². The van der Waals surface area contributed by atoms with E-state index in [1.165, 1.54) is 13.8 Å². The molecule has 5 nitrogen and oxygen atoms in total. The van der Waals surface area contributed by atoms with Crippen molar-refractivity contribution in [3.8, 4) is 0 Å². The molecule has 1 heterocycles. The van der Waals surface area contributed by atoms with Gasteiger partial charge in [-0.25, -0.2) is 18.2 Å². The van der Waals surface area contributed by atoms with E-state index in [2.05, 4.69) is 15.3 Å². The lowest BCUT2D eigenvalue weighted by atomic mass is 10.0. The van der Waals surface area contributed by atoms with Crippen LogP contribution in [0.15, 0.2) is 23.0 Å². The number of hydrogen-bond acceptors (Lipinski definition) is 4. The topological polar surface area (TPSA) is 81.6 Å². The Balaban J connectivity index is 2.43. The Morgan fingerprint density at radius 3 is 2.44 bits per heavy atom. The minimum Gasteiger partial charge on any atom is -0.363 e. The quantitative estimate of drug-likeness (QED) is 0.531. The van der Waals surface area contributed by atoms with Crippen molar-refractivity contribution in [1.82, 2.24) is 9.97 Å². The number of nitrogens with one attached hydrogen (secondary N) is 3. The number of rotatable bonds is 5. The molecular weight excluding hydrogens is 378 g/mol. The Bertz CT molecular complexity index is 922. The van der Waals surface area contributed by atoms with E-state index < -0.39 is 52.7 Å². The van der Waals surface area contributed by atoms with Gasteiger partial charge in [0.1, 0.15) is 28.7 Å². The van der Waals surface area contributed by atoms with Crippen LogP contribution in [0.2, 0.25) is 0 Å². The highest BCUT2D eigenvalue weighted by Gasteiger charge is 2.31. The second-order valence-electron chi connectivity index (χ2n) is 5.69. The molecule has 2 rings (SSSR count). The second kappa shape index (κ2) is 7.41. The molecule has 0 saturated carbocycles. The highest BCUT2D eigenvalue weighted by atomic mass is 19.4.